The van der Waals surface area contributed by atoms with E-state index in [4.69, 9.17) is 9.47 Å². The highest BCUT2D eigenvalue weighted by Gasteiger charge is 2.56. The van der Waals surface area contributed by atoms with Gasteiger partial charge in [0.15, 0.2) is 0 Å². The summed E-state index contributed by atoms with van der Waals surface area (Å²) < 4.78 is 12.0. The van der Waals surface area contributed by atoms with Crippen molar-refractivity contribution in [3.8, 4) is 11.5 Å². The van der Waals surface area contributed by atoms with Gasteiger partial charge in [-0.05, 0) is 64.7 Å². The molecule has 1 aromatic carbocycles. The van der Waals surface area contributed by atoms with Crippen molar-refractivity contribution in [3.05, 3.63) is 34.9 Å². The number of unbranched alkanes of at least 4 members (excludes halogenated alkanes) is 2. The van der Waals surface area contributed by atoms with Crippen LogP contribution < -0.4 is 9.47 Å². The number of aliphatic hydroxyl groups is 1. The van der Waals surface area contributed by atoms with Crippen LogP contribution in [0.2, 0.25) is 0 Å². The molecule has 0 aliphatic heterocycles. The average Bonchev–Trinajstić information content (AvgIpc) is 2.79. The first-order valence-corrected chi connectivity index (χ1v) is 12.7. The topological polar surface area (TPSA) is 38.7 Å². The summed E-state index contributed by atoms with van der Waals surface area (Å²) >= 11 is 0. The molecule has 3 aliphatic carbocycles. The second-order valence-electron chi connectivity index (χ2n) is 11.3. The van der Waals surface area contributed by atoms with Gasteiger partial charge in [0.2, 0.25) is 0 Å². The van der Waals surface area contributed by atoms with Gasteiger partial charge in [0.25, 0.3) is 0 Å². The standard InChI is InChI=1S/C29H46O3/c1-9-11-12-13-20(10-2)28(3,4)21-15-25(31-7)27(26(16-21)32-8)22-14-19(18-30)23-17-24(22)29(23,5)6/h14-16,20,22-24,30H,9-13,17-18H2,1-8H3/t20?,22?,23?,24-/m0/s1. The lowest BCUT2D eigenvalue weighted by molar-refractivity contribution is -0.0260. The van der Waals surface area contributed by atoms with Crippen molar-refractivity contribution >= 4 is 0 Å². The van der Waals surface area contributed by atoms with E-state index in [1.807, 2.05) is 0 Å². The van der Waals surface area contributed by atoms with Gasteiger partial charge in [-0.3, -0.25) is 0 Å². The number of hydrogen-bond donors (Lipinski definition) is 1. The molecule has 0 saturated heterocycles. The van der Waals surface area contributed by atoms with Crippen molar-refractivity contribution in [2.45, 2.75) is 91.4 Å². The van der Waals surface area contributed by atoms with Crippen LogP contribution in [0.4, 0.5) is 0 Å². The molecule has 1 saturated carbocycles. The summed E-state index contributed by atoms with van der Waals surface area (Å²) in [6, 6.07) is 4.54. The summed E-state index contributed by atoms with van der Waals surface area (Å²) in [5.41, 5.74) is 3.86. The van der Waals surface area contributed by atoms with Crippen LogP contribution in [0.1, 0.15) is 97.1 Å². The maximum atomic E-state index is 10.0. The summed E-state index contributed by atoms with van der Waals surface area (Å²) in [5.74, 6) is 3.73. The van der Waals surface area contributed by atoms with Crippen molar-refractivity contribution in [1.82, 2.24) is 0 Å². The van der Waals surface area contributed by atoms with Gasteiger partial charge in [0.1, 0.15) is 11.5 Å². The van der Waals surface area contributed by atoms with Crippen LogP contribution >= 0.6 is 0 Å². The molecule has 1 N–H and O–H groups in total. The molecule has 0 radical (unpaired) electrons. The maximum Gasteiger partial charge on any atom is 0.126 e. The molecule has 0 spiro atoms. The molecule has 4 atom stereocenters. The van der Waals surface area contributed by atoms with Crippen LogP contribution in [0.25, 0.3) is 0 Å². The van der Waals surface area contributed by atoms with Gasteiger partial charge in [-0.2, -0.15) is 0 Å². The van der Waals surface area contributed by atoms with Gasteiger partial charge in [0, 0.05) is 11.5 Å². The molecule has 3 heteroatoms. The van der Waals surface area contributed by atoms with E-state index in [1.54, 1.807) is 14.2 Å². The zero-order chi connectivity index (χ0) is 23.7. The molecular weight excluding hydrogens is 396 g/mol. The zero-order valence-electron chi connectivity index (χ0n) is 21.8. The number of rotatable bonds is 11. The maximum absolute atomic E-state index is 10.0. The van der Waals surface area contributed by atoms with E-state index in [0.717, 1.165) is 23.5 Å². The van der Waals surface area contributed by atoms with Crippen LogP contribution in [0, 0.1) is 23.2 Å². The van der Waals surface area contributed by atoms with E-state index in [2.05, 4.69) is 59.8 Å². The monoisotopic (exact) mass is 442 g/mol. The fourth-order valence-electron chi connectivity index (χ4n) is 6.70. The summed E-state index contributed by atoms with van der Waals surface area (Å²) in [5, 5.41) is 10.0. The van der Waals surface area contributed by atoms with E-state index >= 15 is 0 Å². The summed E-state index contributed by atoms with van der Waals surface area (Å²) in [6.07, 6.45) is 9.72. The first-order chi connectivity index (χ1) is 15.2. The van der Waals surface area contributed by atoms with Crippen LogP contribution in [0.3, 0.4) is 0 Å². The first-order valence-electron chi connectivity index (χ1n) is 12.7. The van der Waals surface area contributed by atoms with E-state index < -0.39 is 0 Å². The fourth-order valence-corrected chi connectivity index (χ4v) is 6.70. The minimum absolute atomic E-state index is 0.0427. The Kier molecular flexibility index (Phi) is 7.70. The lowest BCUT2D eigenvalue weighted by Gasteiger charge is -2.59. The first kappa shape index (κ1) is 25.1. The van der Waals surface area contributed by atoms with Crippen molar-refractivity contribution in [3.63, 3.8) is 0 Å². The van der Waals surface area contributed by atoms with Crippen molar-refractivity contribution in [2.24, 2.45) is 23.2 Å². The fraction of sp³-hybridized carbons (Fsp3) is 0.724. The van der Waals surface area contributed by atoms with Gasteiger partial charge in [0.05, 0.1) is 20.8 Å². The molecule has 32 heavy (non-hydrogen) atoms. The third kappa shape index (κ3) is 4.22. The molecule has 180 valence electrons. The second kappa shape index (κ2) is 9.79. The Morgan fingerprint density at radius 1 is 1.09 bits per heavy atom. The van der Waals surface area contributed by atoms with Crippen molar-refractivity contribution in [2.75, 3.05) is 20.8 Å². The Balaban J connectivity index is 2.04. The number of hydrogen-bond acceptors (Lipinski definition) is 3. The Hall–Kier alpha value is -1.48. The molecule has 3 unspecified atom stereocenters. The van der Waals surface area contributed by atoms with Crippen molar-refractivity contribution in [1.29, 1.82) is 0 Å². The zero-order valence-corrected chi connectivity index (χ0v) is 21.8. The predicted octanol–water partition coefficient (Wildman–Crippen LogP) is 7.27. The molecular formula is C29H46O3. The minimum atomic E-state index is 0.0427. The normalized spacial score (nSPS) is 25.0. The second-order valence-corrected chi connectivity index (χ2v) is 11.3. The molecule has 1 aromatic rings. The summed E-state index contributed by atoms with van der Waals surface area (Å²) in [4.78, 5) is 0. The Morgan fingerprint density at radius 3 is 2.19 bits per heavy atom. The van der Waals surface area contributed by atoms with E-state index in [9.17, 15) is 5.11 Å². The molecule has 0 amide bonds. The molecule has 3 nitrogen and oxygen atoms in total. The molecule has 0 aromatic heterocycles. The van der Waals surface area contributed by atoms with Gasteiger partial charge < -0.3 is 14.6 Å². The van der Waals surface area contributed by atoms with Crippen LogP contribution in [-0.2, 0) is 5.41 Å². The molecule has 1 fully saturated rings. The Labute approximate surface area is 196 Å². The van der Waals surface area contributed by atoms with Gasteiger partial charge >= 0.3 is 0 Å². The summed E-state index contributed by atoms with van der Waals surface area (Å²) in [7, 11) is 3.56. The average molecular weight is 443 g/mol. The number of ether oxygens (including phenoxy) is 2. The molecule has 0 heterocycles. The largest absolute Gasteiger partial charge is 0.496 e. The van der Waals surface area contributed by atoms with Gasteiger partial charge in [-0.1, -0.05) is 73.3 Å². The predicted molar refractivity (Wildman–Crippen MR) is 134 cm³/mol. The third-order valence-corrected chi connectivity index (χ3v) is 9.09. The number of allylic oxidation sites excluding steroid dienone is 1. The lowest BCUT2D eigenvalue weighted by Crippen LogP contribution is -2.51. The van der Waals surface area contributed by atoms with Crippen molar-refractivity contribution < 1.29 is 14.6 Å². The van der Waals surface area contributed by atoms with Gasteiger partial charge in [-0.25, -0.2) is 0 Å². The molecule has 4 rings (SSSR count). The number of benzene rings is 1. The number of fused-ring (bicyclic) bond motifs is 1. The van der Waals surface area contributed by atoms with Crippen LogP contribution in [-0.4, -0.2) is 25.9 Å². The number of methoxy groups -OCH3 is 2. The summed E-state index contributed by atoms with van der Waals surface area (Å²) in [6.45, 7) is 14.2. The third-order valence-electron chi connectivity index (χ3n) is 9.09. The highest BCUT2D eigenvalue weighted by Crippen LogP contribution is 2.65. The van der Waals surface area contributed by atoms with Gasteiger partial charge in [-0.15, -0.1) is 0 Å². The molecule has 2 bridgehead atoms. The molecule has 3 aliphatic rings. The smallest absolute Gasteiger partial charge is 0.126 e. The van der Waals surface area contributed by atoms with E-state index in [0.29, 0.717) is 17.8 Å². The lowest BCUT2D eigenvalue weighted by atomic mass is 9.45. The SMILES string of the molecule is CCCCCC(CC)C(C)(C)c1cc(OC)c(C2C=C(CO)C3C[C@@H]2C3(C)C)c(OC)c1. The van der Waals surface area contributed by atoms with Crippen LogP contribution in [0.5, 0.6) is 11.5 Å². The van der Waals surface area contributed by atoms with E-state index in [1.165, 1.54) is 43.2 Å². The highest BCUT2D eigenvalue weighted by molar-refractivity contribution is 5.55. The highest BCUT2D eigenvalue weighted by atomic mass is 16.5. The minimum Gasteiger partial charge on any atom is -0.496 e. The quantitative estimate of drug-likeness (QED) is 0.289. The van der Waals surface area contributed by atoms with Crippen LogP contribution in [0.15, 0.2) is 23.8 Å². The Bertz CT molecular complexity index is 795. The number of aliphatic hydroxyl groups excluding tert-OH is 1. The Morgan fingerprint density at radius 2 is 1.72 bits per heavy atom. The van der Waals surface area contributed by atoms with E-state index in [-0.39, 0.29) is 23.4 Å².